The number of carbonyl (C=O) groups excluding carboxylic acids is 1. The van der Waals surface area contributed by atoms with Crippen LogP contribution < -0.4 is 20.1 Å². The summed E-state index contributed by atoms with van der Waals surface area (Å²) in [5.41, 5.74) is 1.26. The van der Waals surface area contributed by atoms with Gasteiger partial charge in [-0.15, -0.1) is 0 Å². The summed E-state index contributed by atoms with van der Waals surface area (Å²) in [6.07, 6.45) is 1.73. The maximum Gasteiger partial charge on any atom is 0.273 e. The van der Waals surface area contributed by atoms with E-state index in [1.54, 1.807) is 6.08 Å². The molecule has 1 saturated heterocycles. The fraction of sp³-hybridized carbons (Fsp3) is 0.375. The number of benzene rings is 1. The highest BCUT2D eigenvalue weighted by Crippen LogP contribution is 2.29. The van der Waals surface area contributed by atoms with Crippen molar-refractivity contribution in [2.45, 2.75) is 20.8 Å². The number of ether oxygens (including phenoxy) is 2. The molecule has 0 bridgehead atoms. The smallest absolute Gasteiger partial charge is 0.273 e. The highest BCUT2D eigenvalue weighted by molar-refractivity contribution is 7.80. The molecule has 1 heterocycles. The zero-order valence-electron chi connectivity index (χ0n) is 12.9. The first-order valence-corrected chi connectivity index (χ1v) is 7.64. The first-order valence-electron chi connectivity index (χ1n) is 7.23. The number of carbonyl (C=O) groups is 1. The van der Waals surface area contributed by atoms with Crippen molar-refractivity contribution in [2.24, 2.45) is 5.92 Å². The van der Waals surface area contributed by atoms with Gasteiger partial charge in [-0.3, -0.25) is 10.1 Å². The summed E-state index contributed by atoms with van der Waals surface area (Å²) in [5.74, 6) is 1.57. The van der Waals surface area contributed by atoms with Crippen LogP contribution >= 0.6 is 12.2 Å². The predicted molar refractivity (Wildman–Crippen MR) is 89.8 cm³/mol. The molecule has 0 radical (unpaired) electrons. The van der Waals surface area contributed by atoms with Crippen molar-refractivity contribution < 1.29 is 14.3 Å². The number of rotatable bonds is 6. The van der Waals surface area contributed by atoms with Crippen LogP contribution in [0, 0.1) is 5.92 Å². The molecule has 2 rings (SSSR count). The van der Waals surface area contributed by atoms with Crippen molar-refractivity contribution in [3.05, 3.63) is 29.5 Å². The highest BCUT2D eigenvalue weighted by Gasteiger charge is 2.20. The summed E-state index contributed by atoms with van der Waals surface area (Å²) in [6.45, 7) is 7.26. The molecule has 1 aliphatic heterocycles. The molecule has 0 unspecified atom stereocenters. The molecular formula is C16H20N2O3S. The Morgan fingerprint density at radius 2 is 2.00 bits per heavy atom. The van der Waals surface area contributed by atoms with E-state index in [-0.39, 0.29) is 5.91 Å². The van der Waals surface area contributed by atoms with Gasteiger partial charge >= 0.3 is 0 Å². The molecule has 0 saturated carbocycles. The first kappa shape index (κ1) is 16.3. The lowest BCUT2D eigenvalue weighted by atomic mass is 10.1. The summed E-state index contributed by atoms with van der Waals surface area (Å²) in [7, 11) is 0. The predicted octanol–water partition coefficient (Wildman–Crippen LogP) is 2.47. The molecule has 1 aromatic rings. The SMILES string of the molecule is CCOc1cc(/C=C2\NC(=S)NC2=O)ccc1OCC(C)C. The number of nitrogens with one attached hydrogen (secondary N) is 2. The topological polar surface area (TPSA) is 59.6 Å². The Kier molecular flexibility index (Phi) is 5.38. The minimum atomic E-state index is -0.233. The third-order valence-corrected chi connectivity index (χ3v) is 3.07. The average molecular weight is 320 g/mol. The lowest BCUT2D eigenvalue weighted by Gasteiger charge is -2.14. The van der Waals surface area contributed by atoms with Crippen LogP contribution in [0.4, 0.5) is 0 Å². The molecule has 5 nitrogen and oxygen atoms in total. The normalized spacial score (nSPS) is 15.9. The second-order valence-corrected chi connectivity index (χ2v) is 5.72. The van der Waals surface area contributed by atoms with Crippen molar-refractivity contribution >= 4 is 29.3 Å². The maximum atomic E-state index is 11.7. The van der Waals surface area contributed by atoms with E-state index in [0.717, 1.165) is 5.56 Å². The molecule has 0 atom stereocenters. The third kappa shape index (κ3) is 4.21. The van der Waals surface area contributed by atoms with Gasteiger partial charge in [0.1, 0.15) is 5.70 Å². The van der Waals surface area contributed by atoms with Gasteiger partial charge in [-0.2, -0.15) is 0 Å². The molecular weight excluding hydrogens is 300 g/mol. The van der Waals surface area contributed by atoms with Gasteiger partial charge in [0.2, 0.25) is 0 Å². The fourth-order valence-corrected chi connectivity index (χ4v) is 2.11. The third-order valence-electron chi connectivity index (χ3n) is 2.87. The van der Waals surface area contributed by atoms with Crippen molar-refractivity contribution in [1.82, 2.24) is 10.6 Å². The van der Waals surface area contributed by atoms with Gasteiger partial charge in [-0.05, 0) is 48.8 Å². The van der Waals surface area contributed by atoms with Crippen molar-refractivity contribution in [3.63, 3.8) is 0 Å². The van der Waals surface area contributed by atoms with Crippen LogP contribution in [-0.4, -0.2) is 24.2 Å². The monoisotopic (exact) mass is 320 g/mol. The van der Waals surface area contributed by atoms with Gasteiger partial charge in [0.05, 0.1) is 13.2 Å². The van der Waals surface area contributed by atoms with Crippen LogP contribution in [0.2, 0.25) is 0 Å². The standard InChI is InChI=1S/C16H20N2O3S/c1-4-20-14-8-11(5-6-13(14)21-9-10(2)3)7-12-15(19)18-16(22)17-12/h5-8,10H,4,9H2,1-3H3,(H2,17,18,19,22)/b12-7-. The molecule has 1 fully saturated rings. The Morgan fingerprint density at radius 3 is 2.59 bits per heavy atom. The van der Waals surface area contributed by atoms with Crippen molar-refractivity contribution in [1.29, 1.82) is 0 Å². The van der Waals surface area contributed by atoms with Gasteiger partial charge in [-0.1, -0.05) is 19.9 Å². The lowest BCUT2D eigenvalue weighted by Crippen LogP contribution is -2.21. The molecule has 22 heavy (non-hydrogen) atoms. The number of hydrogen-bond donors (Lipinski definition) is 2. The second kappa shape index (κ2) is 7.26. The van der Waals surface area contributed by atoms with Crippen LogP contribution in [0.5, 0.6) is 11.5 Å². The Morgan fingerprint density at radius 1 is 1.23 bits per heavy atom. The van der Waals surface area contributed by atoms with Crippen LogP contribution in [0.1, 0.15) is 26.3 Å². The van der Waals surface area contributed by atoms with E-state index < -0.39 is 0 Å². The molecule has 0 aliphatic carbocycles. The average Bonchev–Trinajstić information content (AvgIpc) is 2.76. The molecule has 1 aliphatic rings. The lowest BCUT2D eigenvalue weighted by molar-refractivity contribution is -0.115. The van der Waals surface area contributed by atoms with Gasteiger partial charge < -0.3 is 14.8 Å². The van der Waals surface area contributed by atoms with Crippen LogP contribution in [0.25, 0.3) is 6.08 Å². The minimum Gasteiger partial charge on any atom is -0.490 e. The number of thiocarbonyl (C=S) groups is 1. The van der Waals surface area contributed by atoms with Gasteiger partial charge in [0, 0.05) is 0 Å². The largest absolute Gasteiger partial charge is 0.490 e. The zero-order valence-corrected chi connectivity index (χ0v) is 13.8. The highest BCUT2D eigenvalue weighted by atomic mass is 32.1. The summed E-state index contributed by atoms with van der Waals surface area (Å²) in [4.78, 5) is 11.7. The zero-order chi connectivity index (χ0) is 16.1. The van der Waals surface area contributed by atoms with E-state index in [9.17, 15) is 4.79 Å². The van der Waals surface area contributed by atoms with Crippen LogP contribution in [-0.2, 0) is 4.79 Å². The van der Waals surface area contributed by atoms with E-state index in [1.807, 2.05) is 25.1 Å². The Balaban J connectivity index is 2.23. The van der Waals surface area contributed by atoms with E-state index in [0.29, 0.717) is 41.4 Å². The molecule has 6 heteroatoms. The molecule has 2 N–H and O–H groups in total. The molecule has 1 amide bonds. The number of amides is 1. The second-order valence-electron chi connectivity index (χ2n) is 5.31. The number of hydrogen-bond acceptors (Lipinski definition) is 4. The van der Waals surface area contributed by atoms with Crippen LogP contribution in [0.3, 0.4) is 0 Å². The molecule has 118 valence electrons. The molecule has 1 aromatic carbocycles. The Labute approximate surface area is 135 Å². The first-order chi connectivity index (χ1) is 10.5. The van der Waals surface area contributed by atoms with Gasteiger partial charge in [0.15, 0.2) is 16.6 Å². The van der Waals surface area contributed by atoms with Crippen molar-refractivity contribution in [3.8, 4) is 11.5 Å². The van der Waals surface area contributed by atoms with Gasteiger partial charge in [0.25, 0.3) is 5.91 Å². The summed E-state index contributed by atoms with van der Waals surface area (Å²) >= 11 is 4.91. The van der Waals surface area contributed by atoms with E-state index in [4.69, 9.17) is 21.7 Å². The molecule has 0 aromatic heterocycles. The van der Waals surface area contributed by atoms with E-state index in [2.05, 4.69) is 24.5 Å². The van der Waals surface area contributed by atoms with E-state index in [1.165, 1.54) is 0 Å². The molecule has 0 spiro atoms. The maximum absolute atomic E-state index is 11.7. The fourth-order valence-electron chi connectivity index (χ4n) is 1.91. The van der Waals surface area contributed by atoms with Crippen molar-refractivity contribution in [2.75, 3.05) is 13.2 Å². The summed E-state index contributed by atoms with van der Waals surface area (Å²) < 4.78 is 11.4. The summed E-state index contributed by atoms with van der Waals surface area (Å²) in [5, 5.41) is 5.66. The quantitative estimate of drug-likeness (QED) is 0.623. The minimum absolute atomic E-state index is 0.233. The Bertz CT molecular complexity index is 611. The van der Waals surface area contributed by atoms with E-state index >= 15 is 0 Å². The summed E-state index contributed by atoms with van der Waals surface area (Å²) in [6, 6.07) is 5.58. The van der Waals surface area contributed by atoms with Crippen LogP contribution in [0.15, 0.2) is 23.9 Å². The Hall–Kier alpha value is -2.08. The van der Waals surface area contributed by atoms with Gasteiger partial charge in [-0.25, -0.2) is 0 Å².